The molecule has 0 saturated heterocycles. The molecule has 0 radical (unpaired) electrons. The van der Waals surface area contributed by atoms with Crippen molar-refractivity contribution in [1.29, 1.82) is 0 Å². The molecular formula is C14H15ClO3. The van der Waals surface area contributed by atoms with Crippen LogP contribution in [0.1, 0.15) is 19.1 Å². The lowest BCUT2D eigenvalue weighted by Crippen LogP contribution is -2.01. The van der Waals surface area contributed by atoms with Crippen LogP contribution in [0.25, 0.3) is 11.0 Å². The highest BCUT2D eigenvalue weighted by atomic mass is 35.5. The van der Waals surface area contributed by atoms with Gasteiger partial charge in [-0.2, -0.15) is 0 Å². The summed E-state index contributed by atoms with van der Waals surface area (Å²) in [5.74, 6) is 1.81. The van der Waals surface area contributed by atoms with Crippen LogP contribution in [0.15, 0.2) is 28.7 Å². The van der Waals surface area contributed by atoms with Gasteiger partial charge in [0.1, 0.15) is 11.5 Å². The summed E-state index contributed by atoms with van der Waals surface area (Å²) < 4.78 is 11.2. The molecule has 0 saturated carbocycles. The number of carbonyl (C=O) groups excluding carboxylic acids is 1. The number of Topliss-reactive ketones (excluding diaryl/α,β-unsaturated/α-hetero) is 1. The van der Waals surface area contributed by atoms with Gasteiger partial charge in [0.15, 0.2) is 11.3 Å². The van der Waals surface area contributed by atoms with E-state index in [4.69, 9.17) is 20.8 Å². The van der Waals surface area contributed by atoms with Gasteiger partial charge in [-0.3, -0.25) is 4.79 Å². The van der Waals surface area contributed by atoms with Gasteiger partial charge in [-0.05, 0) is 19.1 Å². The second kappa shape index (κ2) is 5.91. The van der Waals surface area contributed by atoms with E-state index in [-0.39, 0.29) is 12.2 Å². The highest BCUT2D eigenvalue weighted by Crippen LogP contribution is 2.29. The van der Waals surface area contributed by atoms with Gasteiger partial charge >= 0.3 is 0 Å². The highest BCUT2D eigenvalue weighted by molar-refractivity contribution is 6.19. The van der Waals surface area contributed by atoms with E-state index in [0.29, 0.717) is 36.0 Å². The smallest absolute Gasteiger partial charge is 0.176 e. The van der Waals surface area contributed by atoms with E-state index in [2.05, 4.69) is 0 Å². The molecule has 3 nitrogen and oxygen atoms in total. The Morgan fingerprint density at radius 2 is 2.28 bits per heavy atom. The van der Waals surface area contributed by atoms with Crippen LogP contribution >= 0.6 is 11.6 Å². The molecule has 0 fully saturated rings. The molecular weight excluding hydrogens is 252 g/mol. The first-order valence-electron chi connectivity index (χ1n) is 5.96. The van der Waals surface area contributed by atoms with E-state index in [9.17, 15) is 4.79 Å². The van der Waals surface area contributed by atoms with Crippen molar-refractivity contribution in [1.82, 2.24) is 0 Å². The van der Waals surface area contributed by atoms with E-state index in [1.165, 1.54) is 0 Å². The molecule has 1 heterocycles. The standard InChI is InChI=1S/C14H15ClO3/c1-2-17-13-5-3-4-10-8-12(18-14(10)13)9-11(16)6-7-15/h3-5,8H,2,6-7,9H2,1H3. The first-order chi connectivity index (χ1) is 8.74. The maximum Gasteiger partial charge on any atom is 0.176 e. The number of rotatable bonds is 6. The van der Waals surface area contributed by atoms with Crippen molar-refractivity contribution in [3.63, 3.8) is 0 Å². The van der Waals surface area contributed by atoms with Gasteiger partial charge in [-0.25, -0.2) is 0 Å². The molecule has 0 aliphatic heterocycles. The third-order valence-corrected chi connectivity index (χ3v) is 2.79. The number of hydrogen-bond donors (Lipinski definition) is 0. The number of benzene rings is 1. The van der Waals surface area contributed by atoms with Gasteiger partial charge in [0.05, 0.1) is 13.0 Å². The topological polar surface area (TPSA) is 39.4 Å². The third kappa shape index (κ3) is 2.85. The van der Waals surface area contributed by atoms with Crippen molar-refractivity contribution in [3.8, 4) is 5.75 Å². The summed E-state index contributed by atoms with van der Waals surface area (Å²) in [5.41, 5.74) is 0.702. The van der Waals surface area contributed by atoms with Crippen LogP contribution in [-0.4, -0.2) is 18.3 Å². The number of fused-ring (bicyclic) bond motifs is 1. The Bertz CT molecular complexity index is 545. The predicted molar refractivity (Wildman–Crippen MR) is 71.4 cm³/mol. The summed E-state index contributed by atoms with van der Waals surface area (Å²) in [6.45, 7) is 2.51. The lowest BCUT2D eigenvalue weighted by atomic mass is 10.2. The number of para-hydroxylation sites is 1. The molecule has 4 heteroatoms. The largest absolute Gasteiger partial charge is 0.490 e. The van der Waals surface area contributed by atoms with Crippen molar-refractivity contribution in [2.24, 2.45) is 0 Å². The highest BCUT2D eigenvalue weighted by Gasteiger charge is 2.11. The molecule has 96 valence electrons. The van der Waals surface area contributed by atoms with Gasteiger partial charge in [-0.1, -0.05) is 12.1 Å². The first-order valence-corrected chi connectivity index (χ1v) is 6.50. The van der Waals surface area contributed by atoms with Crippen LogP contribution in [0.4, 0.5) is 0 Å². The fourth-order valence-electron chi connectivity index (χ4n) is 1.83. The summed E-state index contributed by atoms with van der Waals surface area (Å²) in [6.07, 6.45) is 0.657. The fraction of sp³-hybridized carbons (Fsp3) is 0.357. The zero-order valence-electron chi connectivity index (χ0n) is 10.2. The zero-order chi connectivity index (χ0) is 13.0. The van der Waals surface area contributed by atoms with Crippen molar-refractivity contribution < 1.29 is 13.9 Å². The Hall–Kier alpha value is -1.48. The number of ketones is 1. The average molecular weight is 267 g/mol. The Kier molecular flexibility index (Phi) is 4.26. The van der Waals surface area contributed by atoms with Crippen LogP contribution in [-0.2, 0) is 11.2 Å². The summed E-state index contributed by atoms with van der Waals surface area (Å²) in [6, 6.07) is 7.59. The van der Waals surface area contributed by atoms with Crippen molar-refractivity contribution in [2.45, 2.75) is 19.8 Å². The van der Waals surface area contributed by atoms with Crippen LogP contribution in [0.3, 0.4) is 0 Å². The number of alkyl halides is 1. The maximum absolute atomic E-state index is 11.5. The van der Waals surface area contributed by atoms with Gasteiger partial charge in [-0.15, -0.1) is 11.6 Å². The summed E-state index contributed by atoms with van der Waals surface area (Å²) in [5, 5.41) is 0.953. The number of halogens is 1. The van der Waals surface area contributed by atoms with Crippen molar-refractivity contribution >= 4 is 28.4 Å². The Balaban J connectivity index is 2.26. The third-order valence-electron chi connectivity index (χ3n) is 2.60. The Labute approximate surface area is 111 Å². The average Bonchev–Trinajstić information content (AvgIpc) is 2.73. The molecule has 0 spiro atoms. The van der Waals surface area contributed by atoms with Gasteiger partial charge in [0.2, 0.25) is 0 Å². The van der Waals surface area contributed by atoms with E-state index in [1.54, 1.807) is 0 Å². The summed E-state index contributed by atoms with van der Waals surface area (Å²) >= 11 is 5.54. The molecule has 2 rings (SSSR count). The van der Waals surface area contributed by atoms with E-state index < -0.39 is 0 Å². The fourth-order valence-corrected chi connectivity index (χ4v) is 2.04. The minimum atomic E-state index is 0.0852. The van der Waals surface area contributed by atoms with Crippen LogP contribution in [0.2, 0.25) is 0 Å². The lowest BCUT2D eigenvalue weighted by Gasteiger charge is -2.02. The molecule has 1 aromatic heterocycles. The molecule has 0 bridgehead atoms. The first kappa shape index (κ1) is 13.0. The van der Waals surface area contributed by atoms with Crippen LogP contribution in [0.5, 0.6) is 5.75 Å². The minimum absolute atomic E-state index is 0.0852. The SMILES string of the molecule is CCOc1cccc2cc(CC(=O)CCCl)oc12. The van der Waals surface area contributed by atoms with Crippen LogP contribution < -0.4 is 4.74 Å². The molecule has 0 aliphatic rings. The Morgan fingerprint density at radius 1 is 1.44 bits per heavy atom. The molecule has 2 aromatic rings. The van der Waals surface area contributed by atoms with Crippen molar-refractivity contribution in [2.75, 3.05) is 12.5 Å². The second-order valence-corrected chi connectivity index (χ2v) is 4.35. The molecule has 1 aromatic carbocycles. The summed E-state index contributed by atoms with van der Waals surface area (Å²) in [7, 11) is 0. The van der Waals surface area contributed by atoms with Gasteiger partial charge < -0.3 is 9.15 Å². The molecule has 0 atom stereocenters. The zero-order valence-corrected chi connectivity index (χ0v) is 11.0. The molecule has 18 heavy (non-hydrogen) atoms. The molecule has 0 unspecified atom stereocenters. The molecule has 0 aliphatic carbocycles. The summed E-state index contributed by atoms with van der Waals surface area (Å²) in [4.78, 5) is 11.5. The number of hydrogen-bond acceptors (Lipinski definition) is 3. The number of carbonyl (C=O) groups is 1. The van der Waals surface area contributed by atoms with E-state index >= 15 is 0 Å². The van der Waals surface area contributed by atoms with Crippen molar-refractivity contribution in [3.05, 3.63) is 30.0 Å². The Morgan fingerprint density at radius 3 is 3.00 bits per heavy atom. The van der Waals surface area contributed by atoms with Crippen LogP contribution in [0, 0.1) is 0 Å². The minimum Gasteiger partial charge on any atom is -0.490 e. The molecule has 0 amide bonds. The number of furan rings is 1. The van der Waals surface area contributed by atoms with Gasteiger partial charge in [0, 0.05) is 17.7 Å². The molecule has 0 N–H and O–H groups in total. The quantitative estimate of drug-likeness (QED) is 0.751. The maximum atomic E-state index is 11.5. The van der Waals surface area contributed by atoms with Gasteiger partial charge in [0.25, 0.3) is 0 Å². The monoisotopic (exact) mass is 266 g/mol. The number of ether oxygens (including phenoxy) is 1. The van der Waals surface area contributed by atoms with E-state index in [1.807, 2.05) is 31.2 Å². The predicted octanol–water partition coefficient (Wildman–Crippen LogP) is 3.57. The lowest BCUT2D eigenvalue weighted by molar-refractivity contribution is -0.118. The van der Waals surface area contributed by atoms with E-state index in [0.717, 1.165) is 5.39 Å². The second-order valence-electron chi connectivity index (χ2n) is 3.97. The normalized spacial score (nSPS) is 10.8.